The Morgan fingerprint density at radius 3 is 2.62 bits per heavy atom. The molecule has 40 heavy (non-hydrogen) atoms. The summed E-state index contributed by atoms with van der Waals surface area (Å²) in [4.78, 5) is 17.6. The van der Waals surface area contributed by atoms with Crippen LogP contribution in [-0.2, 0) is 6.18 Å². The van der Waals surface area contributed by atoms with Gasteiger partial charge in [-0.05, 0) is 70.3 Å². The van der Waals surface area contributed by atoms with Crippen molar-refractivity contribution in [2.24, 2.45) is 10.9 Å². The van der Waals surface area contributed by atoms with Gasteiger partial charge in [0.1, 0.15) is 6.33 Å². The average Bonchev–Trinajstić information content (AvgIpc) is 3.21. The predicted molar refractivity (Wildman–Crippen MR) is 140 cm³/mol. The summed E-state index contributed by atoms with van der Waals surface area (Å²) >= 11 is 6.28. The molecule has 2 aromatic carbocycles. The molecule has 3 aliphatic rings. The third-order valence-electron chi connectivity index (χ3n) is 7.76. The van der Waals surface area contributed by atoms with Crippen LogP contribution >= 0.6 is 11.6 Å². The lowest BCUT2D eigenvalue weighted by Gasteiger charge is -2.20. The molecule has 4 heterocycles. The van der Waals surface area contributed by atoms with Gasteiger partial charge in [0, 0.05) is 51.7 Å². The number of pyridine rings is 1. The van der Waals surface area contributed by atoms with Gasteiger partial charge in [0.05, 0.1) is 17.3 Å². The number of aromatic nitrogens is 5. The van der Waals surface area contributed by atoms with E-state index in [0.29, 0.717) is 27.5 Å². The van der Waals surface area contributed by atoms with Crippen LogP contribution in [0.25, 0.3) is 22.4 Å². The third-order valence-corrected chi connectivity index (χ3v) is 8.00. The molecule has 4 aromatic rings. The molecule has 0 amide bonds. The van der Waals surface area contributed by atoms with Gasteiger partial charge in [-0.25, -0.2) is 4.99 Å². The van der Waals surface area contributed by atoms with Crippen molar-refractivity contribution in [2.45, 2.75) is 31.0 Å². The number of tetrazole rings is 1. The van der Waals surface area contributed by atoms with E-state index in [1.54, 1.807) is 22.8 Å². The Hall–Kier alpha value is -4.32. The molecule has 3 atom stereocenters. The number of alkyl halides is 3. The maximum Gasteiger partial charge on any atom is 0.418 e. The van der Waals surface area contributed by atoms with Gasteiger partial charge in [-0.15, -0.1) is 5.10 Å². The fourth-order valence-corrected chi connectivity index (χ4v) is 6.08. The standard InChI is InChI=1S/C27H18ClF4N7O/c28-14-2-4-22(38-11-34-36-37-38)15(8-14)13-6-23-17-9-18(17)25(39(23)24(40)7-13)21-10-16(26(29)35-21)12-1-3-20(33)19(5-12)27(30,31)32/h1-8,11,17-18,25H,9-10,33H2/t17-,18+,25+/m1/s1. The van der Waals surface area contributed by atoms with Crippen LogP contribution in [-0.4, -0.2) is 30.5 Å². The fourth-order valence-electron chi connectivity index (χ4n) is 5.91. The maximum absolute atomic E-state index is 15.1. The van der Waals surface area contributed by atoms with Gasteiger partial charge in [0.25, 0.3) is 5.56 Å². The third kappa shape index (κ3) is 3.85. The van der Waals surface area contributed by atoms with Gasteiger partial charge in [0.15, 0.2) is 0 Å². The number of anilines is 1. The minimum Gasteiger partial charge on any atom is -0.398 e. The Morgan fingerprint density at radius 2 is 1.88 bits per heavy atom. The number of hydrogen-bond donors (Lipinski definition) is 1. The molecular weight excluding hydrogens is 550 g/mol. The van der Waals surface area contributed by atoms with E-state index < -0.39 is 29.4 Å². The number of allylic oxidation sites excluding steroid dienone is 1. The van der Waals surface area contributed by atoms with Crippen molar-refractivity contribution in [1.29, 1.82) is 0 Å². The lowest BCUT2D eigenvalue weighted by molar-refractivity contribution is -0.136. The normalized spacial score (nSPS) is 21.4. The van der Waals surface area contributed by atoms with Crippen LogP contribution in [0.2, 0.25) is 5.02 Å². The Bertz CT molecular complexity index is 1830. The van der Waals surface area contributed by atoms with E-state index in [0.717, 1.165) is 24.2 Å². The number of nitrogens with two attached hydrogens (primary N) is 1. The zero-order chi connectivity index (χ0) is 27.9. The molecule has 2 aliphatic heterocycles. The summed E-state index contributed by atoms with van der Waals surface area (Å²) < 4.78 is 58.4. The molecule has 0 bridgehead atoms. The average molecular weight is 568 g/mol. The van der Waals surface area contributed by atoms with E-state index in [4.69, 9.17) is 17.3 Å². The van der Waals surface area contributed by atoms with Crippen molar-refractivity contribution >= 4 is 28.6 Å². The molecule has 8 nitrogen and oxygen atoms in total. The van der Waals surface area contributed by atoms with E-state index >= 15 is 4.39 Å². The van der Waals surface area contributed by atoms with Crippen LogP contribution in [0.1, 0.15) is 41.6 Å². The summed E-state index contributed by atoms with van der Waals surface area (Å²) in [6, 6.07) is 11.4. The SMILES string of the molecule is Nc1ccc(C2=C(F)N=C([C@@H]3[C@H]4C[C@H]4c4cc(-c5cc(Cl)ccc5-n5cnnn5)cc(=O)n43)C2)cc1C(F)(F)F. The summed E-state index contributed by atoms with van der Waals surface area (Å²) in [5.41, 5.74) is 7.00. The molecule has 1 aliphatic carbocycles. The molecule has 1 saturated carbocycles. The first-order chi connectivity index (χ1) is 19.1. The molecular formula is C27H18ClF4N7O. The van der Waals surface area contributed by atoms with E-state index in [-0.39, 0.29) is 35.0 Å². The van der Waals surface area contributed by atoms with Gasteiger partial charge in [0.2, 0.25) is 5.95 Å². The molecule has 0 radical (unpaired) electrons. The maximum atomic E-state index is 15.1. The Balaban J connectivity index is 1.24. The summed E-state index contributed by atoms with van der Waals surface area (Å²) in [5.74, 6) is -0.728. The lowest BCUT2D eigenvalue weighted by atomic mass is 9.96. The molecule has 0 unspecified atom stereocenters. The summed E-state index contributed by atoms with van der Waals surface area (Å²) in [6.45, 7) is 0. The first-order valence-electron chi connectivity index (χ1n) is 12.3. The molecule has 202 valence electrons. The van der Waals surface area contributed by atoms with Crippen molar-refractivity contribution in [1.82, 2.24) is 24.8 Å². The summed E-state index contributed by atoms with van der Waals surface area (Å²) in [6.07, 6.45) is -2.45. The summed E-state index contributed by atoms with van der Waals surface area (Å²) in [5, 5.41) is 11.8. The van der Waals surface area contributed by atoms with Gasteiger partial charge in [-0.1, -0.05) is 17.7 Å². The number of nitrogen functional groups attached to an aromatic ring is 1. The quantitative estimate of drug-likeness (QED) is 0.197. The molecule has 0 spiro atoms. The number of fused-ring (bicyclic) bond motifs is 3. The molecule has 2 N–H and O–H groups in total. The second-order valence-corrected chi connectivity index (χ2v) is 10.5. The van der Waals surface area contributed by atoms with Crippen LogP contribution in [0.15, 0.2) is 70.6 Å². The molecule has 13 heteroatoms. The Morgan fingerprint density at radius 1 is 1.05 bits per heavy atom. The monoisotopic (exact) mass is 567 g/mol. The van der Waals surface area contributed by atoms with Crippen molar-refractivity contribution < 1.29 is 17.6 Å². The Kier molecular flexibility index (Phi) is 5.30. The fraction of sp³-hybridized carbons (Fsp3) is 0.222. The first-order valence-corrected chi connectivity index (χ1v) is 12.7. The highest BCUT2D eigenvalue weighted by atomic mass is 35.5. The van der Waals surface area contributed by atoms with Crippen LogP contribution in [0.5, 0.6) is 0 Å². The Labute approximate surface area is 228 Å². The van der Waals surface area contributed by atoms with Crippen LogP contribution in [0.3, 0.4) is 0 Å². The van der Waals surface area contributed by atoms with E-state index in [2.05, 4.69) is 20.5 Å². The zero-order valence-electron chi connectivity index (χ0n) is 20.4. The van der Waals surface area contributed by atoms with Crippen LogP contribution in [0.4, 0.5) is 23.2 Å². The predicted octanol–water partition coefficient (Wildman–Crippen LogP) is 5.59. The number of aliphatic imine (C=N–C) groups is 1. The van der Waals surface area contributed by atoms with Gasteiger partial charge in [-0.3, -0.25) is 4.79 Å². The number of hydrogen-bond acceptors (Lipinski definition) is 6. The van der Waals surface area contributed by atoms with Crippen molar-refractivity contribution in [3.63, 3.8) is 0 Å². The first kappa shape index (κ1) is 24.7. The highest BCUT2D eigenvalue weighted by Crippen LogP contribution is 2.60. The minimum atomic E-state index is -4.68. The smallest absolute Gasteiger partial charge is 0.398 e. The van der Waals surface area contributed by atoms with Crippen LogP contribution in [0, 0.1) is 5.92 Å². The van der Waals surface area contributed by atoms with Crippen LogP contribution < -0.4 is 11.3 Å². The lowest BCUT2D eigenvalue weighted by Crippen LogP contribution is -2.29. The number of halogens is 5. The van der Waals surface area contributed by atoms with E-state index in [1.807, 2.05) is 6.07 Å². The zero-order valence-corrected chi connectivity index (χ0v) is 21.2. The van der Waals surface area contributed by atoms with Crippen molar-refractivity contribution in [2.75, 3.05) is 5.73 Å². The van der Waals surface area contributed by atoms with Gasteiger partial charge in [-0.2, -0.15) is 22.2 Å². The van der Waals surface area contributed by atoms with E-state index in [9.17, 15) is 18.0 Å². The largest absolute Gasteiger partial charge is 0.418 e. The summed E-state index contributed by atoms with van der Waals surface area (Å²) in [7, 11) is 0. The van der Waals surface area contributed by atoms with Crippen molar-refractivity contribution in [3.05, 3.63) is 93.0 Å². The van der Waals surface area contributed by atoms with Gasteiger partial charge >= 0.3 is 6.18 Å². The second kappa shape index (κ2) is 8.59. The van der Waals surface area contributed by atoms with E-state index in [1.165, 1.54) is 23.1 Å². The highest BCUT2D eigenvalue weighted by molar-refractivity contribution is 6.31. The number of rotatable bonds is 4. The van der Waals surface area contributed by atoms with Crippen molar-refractivity contribution in [3.8, 4) is 16.8 Å². The second-order valence-electron chi connectivity index (χ2n) is 10.1. The topological polar surface area (TPSA) is 104 Å². The molecule has 1 fully saturated rings. The number of nitrogens with zero attached hydrogens (tertiary/aromatic N) is 6. The molecule has 7 rings (SSSR count). The van der Waals surface area contributed by atoms with Gasteiger partial charge < -0.3 is 10.3 Å². The highest BCUT2D eigenvalue weighted by Gasteiger charge is 2.55. The minimum absolute atomic E-state index is 0.00763. The number of benzene rings is 2. The molecule has 0 saturated heterocycles. The molecule has 2 aromatic heterocycles.